The second kappa shape index (κ2) is 7.16. The van der Waals surface area contributed by atoms with E-state index in [1.165, 1.54) is 0 Å². The molecule has 1 N–H and O–H groups in total. The maximum absolute atomic E-state index is 12.2. The predicted molar refractivity (Wildman–Crippen MR) is 115 cm³/mol. The lowest BCUT2D eigenvalue weighted by atomic mass is 10.1. The Morgan fingerprint density at radius 1 is 0.969 bits per heavy atom. The summed E-state index contributed by atoms with van der Waals surface area (Å²) in [5.41, 5.74) is 2.77. The van der Waals surface area contributed by atoms with Gasteiger partial charge in [-0.3, -0.25) is 0 Å². The Hall–Kier alpha value is -3.72. The van der Waals surface area contributed by atoms with Gasteiger partial charge in [-0.05, 0) is 42.5 Å². The fraction of sp³-hybridized carbons (Fsp3) is 0.304. The molecule has 32 heavy (non-hydrogen) atoms. The number of carbonyl (C=O) groups excluding carboxylic acids is 2. The molecule has 4 aliphatic rings. The van der Waals surface area contributed by atoms with E-state index in [0.717, 1.165) is 47.2 Å². The van der Waals surface area contributed by atoms with Crippen LogP contribution in [0.3, 0.4) is 0 Å². The lowest BCUT2D eigenvalue weighted by molar-refractivity contribution is -0.274. The number of benzene rings is 1. The number of piperidine rings is 1. The van der Waals surface area contributed by atoms with Gasteiger partial charge in [0.15, 0.2) is 5.82 Å². The number of aromatic nitrogens is 3. The molecule has 4 aliphatic heterocycles. The molecule has 1 spiro atoms. The molecule has 3 aromatic rings. The Bertz CT molecular complexity index is 1210. The van der Waals surface area contributed by atoms with Gasteiger partial charge in [0.05, 0.1) is 5.69 Å². The van der Waals surface area contributed by atoms with Crippen LogP contribution in [0.1, 0.15) is 12.8 Å². The van der Waals surface area contributed by atoms with Gasteiger partial charge in [0.25, 0.3) is 0 Å². The molecule has 3 saturated heterocycles. The van der Waals surface area contributed by atoms with E-state index < -0.39 is 17.8 Å². The average Bonchev–Trinajstić information content (AvgIpc) is 3.11. The molecule has 0 amide bonds. The average molecular weight is 431 g/mol. The molecule has 9 nitrogen and oxygen atoms in total. The molecule has 2 bridgehead atoms. The number of rotatable bonds is 2. The molecule has 0 radical (unpaired) electrons. The maximum Gasteiger partial charge on any atom is 0.339 e. The first-order chi connectivity index (χ1) is 15.6. The third kappa shape index (κ3) is 3.13. The fourth-order valence-electron chi connectivity index (χ4n) is 4.80. The van der Waals surface area contributed by atoms with Crippen LogP contribution in [0.5, 0.6) is 0 Å². The van der Waals surface area contributed by atoms with E-state index in [1.54, 1.807) is 0 Å². The maximum atomic E-state index is 12.2. The highest BCUT2D eigenvalue weighted by atomic mass is 16.8. The summed E-state index contributed by atoms with van der Waals surface area (Å²) in [5, 5.41) is 10.1. The predicted octanol–water partition coefficient (Wildman–Crippen LogP) is 2.22. The standard InChI is InChI=1S/C23H21N5O4/c29-21-5-6-22(30)32-23(31-21)14-28(17-8-11-27(23)12-9-17)20-4-3-18(25-26-20)16-2-1-15-7-10-24-19(15)13-16/h1-7,10,13,17,24H,8-9,11-12,14H2. The largest absolute Gasteiger partial charge is 0.403 e. The zero-order chi connectivity index (χ0) is 21.7. The van der Waals surface area contributed by atoms with E-state index in [4.69, 9.17) is 9.47 Å². The molecule has 3 fully saturated rings. The lowest BCUT2D eigenvalue weighted by Gasteiger charge is -2.39. The number of fused-ring (bicyclic) bond motifs is 4. The van der Waals surface area contributed by atoms with Crippen LogP contribution in [-0.2, 0) is 19.1 Å². The summed E-state index contributed by atoms with van der Waals surface area (Å²) < 4.78 is 11.3. The second-order valence-corrected chi connectivity index (χ2v) is 8.29. The molecule has 2 aromatic heterocycles. The minimum absolute atomic E-state index is 0.180. The number of nitrogens with zero attached hydrogens (tertiary/aromatic N) is 4. The Morgan fingerprint density at radius 3 is 2.47 bits per heavy atom. The number of nitrogens with one attached hydrogen (secondary N) is 1. The van der Waals surface area contributed by atoms with E-state index in [9.17, 15) is 9.59 Å². The summed E-state index contributed by atoms with van der Waals surface area (Å²) in [6, 6.07) is 12.2. The van der Waals surface area contributed by atoms with Crippen LogP contribution in [0.4, 0.5) is 5.82 Å². The van der Waals surface area contributed by atoms with Crippen molar-refractivity contribution in [3.05, 3.63) is 54.7 Å². The van der Waals surface area contributed by atoms with E-state index in [1.807, 2.05) is 52.4 Å². The molecule has 0 aliphatic carbocycles. The molecule has 6 heterocycles. The number of H-pyrrole nitrogens is 1. The summed E-state index contributed by atoms with van der Waals surface area (Å²) in [6.45, 7) is 1.49. The quantitative estimate of drug-likeness (QED) is 0.617. The van der Waals surface area contributed by atoms with Crippen molar-refractivity contribution in [3.8, 4) is 11.3 Å². The van der Waals surface area contributed by atoms with Crippen molar-refractivity contribution in [2.24, 2.45) is 0 Å². The zero-order valence-electron chi connectivity index (χ0n) is 17.2. The molecule has 1 aromatic carbocycles. The molecule has 9 heteroatoms. The minimum atomic E-state index is -1.47. The van der Waals surface area contributed by atoms with Crippen molar-refractivity contribution in [2.75, 3.05) is 24.5 Å². The smallest absolute Gasteiger partial charge is 0.339 e. The molecule has 0 atom stereocenters. The Kier molecular flexibility index (Phi) is 4.25. The first-order valence-electron chi connectivity index (χ1n) is 10.7. The van der Waals surface area contributed by atoms with E-state index in [0.29, 0.717) is 18.9 Å². The van der Waals surface area contributed by atoms with Crippen molar-refractivity contribution in [1.82, 2.24) is 20.1 Å². The summed E-state index contributed by atoms with van der Waals surface area (Å²) in [4.78, 5) is 31.6. The summed E-state index contributed by atoms with van der Waals surface area (Å²) in [7, 11) is 0. The first kappa shape index (κ1) is 19.0. The molecule has 0 unspecified atom stereocenters. The van der Waals surface area contributed by atoms with Crippen LogP contribution in [0.25, 0.3) is 22.2 Å². The second-order valence-electron chi connectivity index (χ2n) is 8.29. The Balaban J connectivity index is 1.33. The van der Waals surface area contributed by atoms with Gasteiger partial charge in [0.2, 0.25) is 0 Å². The number of carbonyl (C=O) groups is 2. The van der Waals surface area contributed by atoms with Gasteiger partial charge < -0.3 is 19.4 Å². The fourth-order valence-corrected chi connectivity index (χ4v) is 4.80. The van der Waals surface area contributed by atoms with Gasteiger partial charge in [0.1, 0.15) is 6.54 Å². The Labute approximate surface area is 183 Å². The summed E-state index contributed by atoms with van der Waals surface area (Å²) in [5.74, 6) is -2.00. The van der Waals surface area contributed by atoms with Crippen LogP contribution in [-0.4, -0.2) is 63.6 Å². The summed E-state index contributed by atoms with van der Waals surface area (Å²) >= 11 is 0. The van der Waals surface area contributed by atoms with Crippen LogP contribution in [0.15, 0.2) is 54.7 Å². The van der Waals surface area contributed by atoms with Crippen molar-refractivity contribution in [2.45, 2.75) is 24.8 Å². The summed E-state index contributed by atoms with van der Waals surface area (Å²) in [6.07, 6.45) is 5.81. The SMILES string of the molecule is O=C1C=CC(=O)OC2(CN(c3ccc(-c4ccc5cc[nH]c5c4)nn3)C3CCN2CC3)O1. The third-order valence-electron chi connectivity index (χ3n) is 6.43. The highest BCUT2D eigenvalue weighted by molar-refractivity contribution is 5.93. The van der Waals surface area contributed by atoms with Crippen molar-refractivity contribution in [3.63, 3.8) is 0 Å². The van der Waals surface area contributed by atoms with E-state index in [2.05, 4.69) is 15.2 Å². The zero-order valence-corrected chi connectivity index (χ0v) is 17.2. The number of aromatic amines is 1. The molecule has 162 valence electrons. The minimum Gasteiger partial charge on any atom is -0.403 e. The van der Waals surface area contributed by atoms with Gasteiger partial charge in [-0.2, -0.15) is 0 Å². The van der Waals surface area contributed by atoms with Crippen molar-refractivity contribution >= 4 is 28.7 Å². The number of hydrogen-bond donors (Lipinski definition) is 1. The van der Waals surface area contributed by atoms with Gasteiger partial charge in [-0.25, -0.2) is 14.5 Å². The van der Waals surface area contributed by atoms with E-state index in [-0.39, 0.29) is 12.6 Å². The van der Waals surface area contributed by atoms with Gasteiger partial charge in [-0.15, -0.1) is 10.2 Å². The van der Waals surface area contributed by atoms with Crippen LogP contribution >= 0.6 is 0 Å². The Morgan fingerprint density at radius 2 is 1.75 bits per heavy atom. The first-order valence-corrected chi connectivity index (χ1v) is 10.7. The van der Waals surface area contributed by atoms with Gasteiger partial charge in [0, 0.05) is 48.6 Å². The molecular formula is C23H21N5O4. The van der Waals surface area contributed by atoms with E-state index >= 15 is 0 Å². The van der Waals surface area contributed by atoms with Crippen molar-refractivity contribution < 1.29 is 19.1 Å². The molecule has 0 saturated carbocycles. The highest BCUT2D eigenvalue weighted by Crippen LogP contribution is 2.36. The molecule has 7 rings (SSSR count). The number of anilines is 1. The number of hydrogen-bond acceptors (Lipinski definition) is 8. The number of ether oxygens (including phenoxy) is 2. The lowest BCUT2D eigenvalue weighted by Crippen LogP contribution is -2.58. The number of esters is 2. The monoisotopic (exact) mass is 431 g/mol. The third-order valence-corrected chi connectivity index (χ3v) is 6.43. The normalized spacial score (nSPS) is 24.3. The van der Waals surface area contributed by atoms with Gasteiger partial charge >= 0.3 is 17.8 Å². The van der Waals surface area contributed by atoms with Crippen LogP contribution in [0.2, 0.25) is 0 Å². The highest BCUT2D eigenvalue weighted by Gasteiger charge is 2.52. The van der Waals surface area contributed by atoms with Crippen LogP contribution < -0.4 is 4.90 Å². The van der Waals surface area contributed by atoms with Crippen LogP contribution in [0, 0.1) is 0 Å². The topological polar surface area (TPSA) is 101 Å². The van der Waals surface area contributed by atoms with Crippen molar-refractivity contribution in [1.29, 1.82) is 0 Å². The van der Waals surface area contributed by atoms with Gasteiger partial charge in [-0.1, -0.05) is 12.1 Å². The molecular weight excluding hydrogens is 410 g/mol.